The standard InChI is InChI=1S/C9H8BNO/c1-5-3-6(2)9(12)7(4-11)8(5)10/h3,12H,1-2H3. The Labute approximate surface area is 72.9 Å². The van der Waals surface area contributed by atoms with Crippen LogP contribution in [0.1, 0.15) is 16.7 Å². The smallest absolute Gasteiger partial charge is 0.135 e. The molecule has 0 saturated heterocycles. The molecule has 0 aliphatic rings. The van der Waals surface area contributed by atoms with Crippen molar-refractivity contribution in [2.75, 3.05) is 0 Å². The summed E-state index contributed by atoms with van der Waals surface area (Å²) >= 11 is 0. The first-order valence-corrected chi connectivity index (χ1v) is 3.56. The van der Waals surface area contributed by atoms with E-state index in [2.05, 4.69) is 0 Å². The second-order valence-corrected chi connectivity index (χ2v) is 2.76. The van der Waals surface area contributed by atoms with Gasteiger partial charge in [0.2, 0.25) is 0 Å². The monoisotopic (exact) mass is 157 g/mol. The Balaban J connectivity index is 3.56. The lowest BCUT2D eigenvalue weighted by Crippen LogP contribution is -2.12. The number of benzene rings is 1. The molecule has 0 spiro atoms. The Morgan fingerprint density at radius 1 is 1.42 bits per heavy atom. The minimum Gasteiger partial charge on any atom is -0.506 e. The topological polar surface area (TPSA) is 44.0 Å². The first-order valence-electron chi connectivity index (χ1n) is 3.56. The Bertz CT molecular complexity index is 340. The van der Waals surface area contributed by atoms with E-state index in [0.717, 1.165) is 5.56 Å². The molecule has 0 aromatic heterocycles. The lowest BCUT2D eigenvalue weighted by atomic mass is 9.85. The van der Waals surface area contributed by atoms with Crippen LogP contribution in [0.5, 0.6) is 5.75 Å². The van der Waals surface area contributed by atoms with Gasteiger partial charge in [-0.3, -0.25) is 0 Å². The summed E-state index contributed by atoms with van der Waals surface area (Å²) in [5.74, 6) is -0.0133. The van der Waals surface area contributed by atoms with Gasteiger partial charge in [0, 0.05) is 0 Å². The highest BCUT2D eigenvalue weighted by atomic mass is 16.3. The fourth-order valence-corrected chi connectivity index (χ4v) is 1.11. The summed E-state index contributed by atoms with van der Waals surface area (Å²) in [5, 5.41) is 18.1. The zero-order chi connectivity index (χ0) is 9.30. The van der Waals surface area contributed by atoms with Gasteiger partial charge in [-0.2, -0.15) is 5.26 Å². The van der Waals surface area contributed by atoms with Crippen LogP contribution in [0.4, 0.5) is 0 Å². The molecule has 0 unspecified atom stereocenters. The average Bonchev–Trinajstić information content (AvgIpc) is 2.02. The number of hydrogen-bond acceptors (Lipinski definition) is 2. The predicted octanol–water partition coefficient (Wildman–Crippen LogP) is 0.675. The molecule has 58 valence electrons. The molecule has 1 N–H and O–H groups in total. The first-order chi connectivity index (χ1) is 5.57. The third-order valence-corrected chi connectivity index (χ3v) is 1.85. The van der Waals surface area contributed by atoms with Gasteiger partial charge in [0.15, 0.2) is 0 Å². The van der Waals surface area contributed by atoms with Gasteiger partial charge in [-0.1, -0.05) is 17.1 Å². The van der Waals surface area contributed by atoms with E-state index >= 15 is 0 Å². The third-order valence-electron chi connectivity index (χ3n) is 1.85. The molecular formula is C9H8BNO. The SMILES string of the molecule is [B]c1c(C)cc(C)c(O)c1C#N. The molecule has 2 nitrogen and oxygen atoms in total. The van der Waals surface area contributed by atoms with Crippen LogP contribution < -0.4 is 5.46 Å². The lowest BCUT2D eigenvalue weighted by Gasteiger charge is -2.07. The van der Waals surface area contributed by atoms with Crippen molar-refractivity contribution in [3.8, 4) is 11.8 Å². The summed E-state index contributed by atoms with van der Waals surface area (Å²) in [4.78, 5) is 0. The maximum absolute atomic E-state index is 9.40. The Morgan fingerprint density at radius 2 is 2.00 bits per heavy atom. The zero-order valence-electron chi connectivity index (χ0n) is 7.05. The fraction of sp³-hybridized carbons (Fsp3) is 0.222. The van der Waals surface area contributed by atoms with Crippen molar-refractivity contribution in [3.05, 3.63) is 22.8 Å². The van der Waals surface area contributed by atoms with Crippen molar-refractivity contribution in [3.63, 3.8) is 0 Å². The number of nitrogens with zero attached hydrogens (tertiary/aromatic N) is 1. The highest BCUT2D eigenvalue weighted by Crippen LogP contribution is 2.20. The van der Waals surface area contributed by atoms with Gasteiger partial charge in [-0.05, 0) is 19.4 Å². The molecule has 0 heterocycles. The van der Waals surface area contributed by atoms with Crippen molar-refractivity contribution in [1.29, 1.82) is 5.26 Å². The highest BCUT2D eigenvalue weighted by molar-refractivity contribution is 6.35. The zero-order valence-corrected chi connectivity index (χ0v) is 7.05. The van der Waals surface area contributed by atoms with Crippen molar-refractivity contribution in [2.24, 2.45) is 0 Å². The molecule has 0 aliphatic heterocycles. The quantitative estimate of drug-likeness (QED) is 0.562. The molecule has 2 radical (unpaired) electrons. The molecule has 1 rings (SSSR count). The minimum absolute atomic E-state index is 0.0133. The highest BCUT2D eigenvalue weighted by Gasteiger charge is 2.08. The molecule has 0 amide bonds. The summed E-state index contributed by atoms with van der Waals surface area (Å²) in [6.07, 6.45) is 0. The molecule has 0 saturated carbocycles. The van der Waals surface area contributed by atoms with Gasteiger partial charge in [-0.25, -0.2) is 0 Å². The van der Waals surface area contributed by atoms with Crippen molar-refractivity contribution >= 4 is 13.3 Å². The third kappa shape index (κ3) is 1.16. The van der Waals surface area contributed by atoms with Crippen LogP contribution in [-0.2, 0) is 0 Å². The number of aryl methyl sites for hydroxylation is 2. The van der Waals surface area contributed by atoms with Crippen LogP contribution in [0.15, 0.2) is 6.07 Å². The molecule has 1 aromatic carbocycles. The summed E-state index contributed by atoms with van der Waals surface area (Å²) in [7, 11) is 5.58. The van der Waals surface area contributed by atoms with Crippen LogP contribution in [0, 0.1) is 25.2 Å². The van der Waals surface area contributed by atoms with Gasteiger partial charge in [0.25, 0.3) is 0 Å². The number of nitriles is 1. The Hall–Kier alpha value is -1.43. The average molecular weight is 157 g/mol. The van der Waals surface area contributed by atoms with Crippen molar-refractivity contribution in [2.45, 2.75) is 13.8 Å². The summed E-state index contributed by atoms with van der Waals surface area (Å²) in [5.41, 5.74) is 2.04. The molecule has 0 aliphatic carbocycles. The van der Waals surface area contributed by atoms with E-state index in [1.54, 1.807) is 13.0 Å². The van der Waals surface area contributed by atoms with E-state index in [4.69, 9.17) is 13.1 Å². The normalized spacial score (nSPS) is 9.42. The lowest BCUT2D eigenvalue weighted by molar-refractivity contribution is 0.470. The van der Waals surface area contributed by atoms with Gasteiger partial charge in [0.05, 0.1) is 5.56 Å². The minimum atomic E-state index is -0.0133. The van der Waals surface area contributed by atoms with Crippen LogP contribution in [0.3, 0.4) is 0 Å². The number of rotatable bonds is 0. The van der Waals surface area contributed by atoms with Gasteiger partial charge in [0.1, 0.15) is 19.7 Å². The molecule has 3 heteroatoms. The molecule has 12 heavy (non-hydrogen) atoms. The van der Waals surface area contributed by atoms with Crippen LogP contribution in [-0.4, -0.2) is 13.0 Å². The van der Waals surface area contributed by atoms with Gasteiger partial charge < -0.3 is 5.11 Å². The Morgan fingerprint density at radius 3 is 2.50 bits per heavy atom. The molecule has 0 fully saturated rings. The molecule has 0 atom stereocenters. The largest absolute Gasteiger partial charge is 0.506 e. The van der Waals surface area contributed by atoms with Crippen LogP contribution >= 0.6 is 0 Å². The van der Waals surface area contributed by atoms with Crippen LogP contribution in [0.2, 0.25) is 0 Å². The second-order valence-electron chi connectivity index (χ2n) is 2.76. The van der Waals surface area contributed by atoms with Gasteiger partial charge in [-0.15, -0.1) is 0 Å². The first kappa shape index (κ1) is 8.67. The van der Waals surface area contributed by atoms with E-state index in [-0.39, 0.29) is 11.3 Å². The van der Waals surface area contributed by atoms with Crippen molar-refractivity contribution < 1.29 is 5.11 Å². The van der Waals surface area contributed by atoms with Crippen LogP contribution in [0.25, 0.3) is 0 Å². The van der Waals surface area contributed by atoms with E-state index in [1.807, 2.05) is 13.0 Å². The van der Waals surface area contributed by atoms with E-state index in [1.165, 1.54) is 0 Å². The van der Waals surface area contributed by atoms with Crippen molar-refractivity contribution in [1.82, 2.24) is 0 Å². The number of phenols is 1. The van der Waals surface area contributed by atoms with Gasteiger partial charge >= 0.3 is 0 Å². The van der Waals surface area contributed by atoms with E-state index in [9.17, 15) is 5.11 Å². The van der Waals surface area contributed by atoms with E-state index < -0.39 is 0 Å². The molecule has 0 bridgehead atoms. The number of phenolic OH excluding ortho intramolecular Hbond substituents is 1. The number of aromatic hydroxyl groups is 1. The summed E-state index contributed by atoms with van der Waals surface area (Å²) in [6.45, 7) is 3.55. The Kier molecular flexibility index (Phi) is 2.10. The fourth-order valence-electron chi connectivity index (χ4n) is 1.11. The summed E-state index contributed by atoms with van der Waals surface area (Å²) in [6, 6.07) is 3.63. The number of hydrogen-bond donors (Lipinski definition) is 1. The molecular weight excluding hydrogens is 149 g/mol. The second kappa shape index (κ2) is 2.90. The maximum atomic E-state index is 9.40. The molecule has 1 aromatic rings. The van der Waals surface area contributed by atoms with E-state index in [0.29, 0.717) is 11.0 Å². The maximum Gasteiger partial charge on any atom is 0.135 e. The summed E-state index contributed by atoms with van der Waals surface area (Å²) < 4.78 is 0. The predicted molar refractivity (Wildman–Crippen MR) is 47.7 cm³/mol.